The van der Waals surface area contributed by atoms with Gasteiger partial charge in [0.1, 0.15) is 16.5 Å². The van der Waals surface area contributed by atoms with E-state index in [1.54, 1.807) is 0 Å². The quantitative estimate of drug-likeness (QED) is 0.719. The van der Waals surface area contributed by atoms with E-state index in [9.17, 15) is 22.0 Å². The molecule has 1 heterocycles. The molecular formula is C17H26F2N3O3S+. The van der Waals surface area contributed by atoms with Crippen LogP contribution in [0.3, 0.4) is 0 Å². The molecule has 1 aromatic carbocycles. The Kier molecular flexibility index (Phi) is 6.70. The Balaban J connectivity index is 1.95. The van der Waals surface area contributed by atoms with Crippen molar-refractivity contribution in [3.8, 4) is 0 Å². The molecule has 9 heteroatoms. The molecule has 0 aromatic heterocycles. The van der Waals surface area contributed by atoms with Crippen LogP contribution >= 0.6 is 0 Å². The Morgan fingerprint density at radius 1 is 1.23 bits per heavy atom. The van der Waals surface area contributed by atoms with Gasteiger partial charge in [-0.1, -0.05) is 13.8 Å². The van der Waals surface area contributed by atoms with Gasteiger partial charge in [0.2, 0.25) is 10.0 Å². The van der Waals surface area contributed by atoms with E-state index in [1.165, 1.54) is 0 Å². The Morgan fingerprint density at radius 2 is 1.85 bits per heavy atom. The molecule has 0 spiro atoms. The maximum absolute atomic E-state index is 13.8. The van der Waals surface area contributed by atoms with Crippen molar-refractivity contribution in [2.24, 2.45) is 5.92 Å². The van der Waals surface area contributed by atoms with Crippen molar-refractivity contribution in [3.63, 3.8) is 0 Å². The first kappa shape index (κ1) is 20.7. The van der Waals surface area contributed by atoms with Crippen LogP contribution in [0.25, 0.3) is 0 Å². The molecule has 2 rings (SSSR count). The first-order valence-electron chi connectivity index (χ1n) is 8.69. The van der Waals surface area contributed by atoms with Crippen LogP contribution in [0.15, 0.2) is 23.1 Å². The van der Waals surface area contributed by atoms with E-state index in [0.717, 1.165) is 21.3 Å². The summed E-state index contributed by atoms with van der Waals surface area (Å²) in [5.74, 6) is -1.51. The monoisotopic (exact) mass is 390 g/mol. The van der Waals surface area contributed by atoms with Gasteiger partial charge in [-0.2, -0.15) is 4.31 Å². The zero-order valence-corrected chi connectivity index (χ0v) is 16.1. The zero-order valence-electron chi connectivity index (χ0n) is 15.3. The lowest BCUT2D eigenvalue weighted by Gasteiger charge is -2.31. The average Bonchev–Trinajstić information content (AvgIpc) is 2.57. The van der Waals surface area contributed by atoms with Crippen LogP contribution in [0.5, 0.6) is 0 Å². The number of hydrogen-bond acceptors (Lipinski definition) is 3. The number of carbonyl (C=O) groups is 1. The predicted octanol–water partition coefficient (Wildman–Crippen LogP) is 0.0147. The van der Waals surface area contributed by atoms with Crippen LogP contribution in [0, 0.1) is 17.6 Å². The maximum Gasteiger partial charge on any atom is 0.275 e. The second-order valence-corrected chi connectivity index (χ2v) is 8.91. The number of amides is 1. The number of rotatable bonds is 6. The first-order chi connectivity index (χ1) is 12.1. The Labute approximate surface area is 153 Å². The number of benzene rings is 1. The van der Waals surface area contributed by atoms with Gasteiger partial charge in [-0.05, 0) is 31.0 Å². The van der Waals surface area contributed by atoms with Gasteiger partial charge < -0.3 is 10.2 Å². The second kappa shape index (κ2) is 8.41. The van der Waals surface area contributed by atoms with E-state index >= 15 is 0 Å². The van der Waals surface area contributed by atoms with Crippen LogP contribution in [0.1, 0.15) is 20.8 Å². The van der Waals surface area contributed by atoms with E-state index < -0.39 is 26.6 Å². The Bertz CT molecular complexity index is 748. The van der Waals surface area contributed by atoms with Gasteiger partial charge in [0.25, 0.3) is 5.91 Å². The number of piperazine rings is 1. The lowest BCUT2D eigenvalue weighted by Crippen LogP contribution is -3.15. The van der Waals surface area contributed by atoms with Crippen LogP contribution in [-0.4, -0.2) is 57.4 Å². The number of quaternary nitrogens is 1. The van der Waals surface area contributed by atoms with E-state index in [2.05, 4.69) is 5.32 Å². The largest absolute Gasteiger partial charge is 0.348 e. The first-order valence-corrected chi connectivity index (χ1v) is 10.1. The van der Waals surface area contributed by atoms with Crippen LogP contribution in [-0.2, 0) is 14.8 Å². The number of hydrogen-bond donors (Lipinski definition) is 2. The third-order valence-corrected chi connectivity index (χ3v) is 6.65. The van der Waals surface area contributed by atoms with Crippen molar-refractivity contribution in [1.82, 2.24) is 9.62 Å². The fraction of sp³-hybridized carbons (Fsp3) is 0.588. The highest BCUT2D eigenvalue weighted by Gasteiger charge is 2.33. The van der Waals surface area contributed by atoms with Crippen LogP contribution < -0.4 is 10.2 Å². The Hall–Kier alpha value is -1.58. The lowest BCUT2D eigenvalue weighted by atomic mass is 10.1. The molecule has 1 atom stereocenters. The van der Waals surface area contributed by atoms with Gasteiger partial charge in [0.15, 0.2) is 6.54 Å². The summed E-state index contributed by atoms with van der Waals surface area (Å²) < 4.78 is 53.4. The molecule has 0 saturated carbocycles. The summed E-state index contributed by atoms with van der Waals surface area (Å²) in [7, 11) is -4.09. The summed E-state index contributed by atoms with van der Waals surface area (Å²) in [5.41, 5.74) is 0. The van der Waals surface area contributed by atoms with Crippen LogP contribution in [0.2, 0.25) is 0 Å². The molecule has 0 unspecified atom stereocenters. The predicted molar refractivity (Wildman–Crippen MR) is 93.1 cm³/mol. The van der Waals surface area contributed by atoms with Crippen molar-refractivity contribution >= 4 is 15.9 Å². The van der Waals surface area contributed by atoms with Crippen LogP contribution in [0.4, 0.5) is 8.78 Å². The second-order valence-electron chi connectivity index (χ2n) is 7.01. The Morgan fingerprint density at radius 3 is 2.42 bits per heavy atom. The van der Waals surface area contributed by atoms with Gasteiger partial charge in [-0.3, -0.25) is 4.79 Å². The molecule has 0 aliphatic carbocycles. The van der Waals surface area contributed by atoms with Gasteiger partial charge in [-0.15, -0.1) is 0 Å². The van der Waals surface area contributed by atoms with Gasteiger partial charge in [0.05, 0.1) is 26.2 Å². The molecule has 2 N–H and O–H groups in total. The van der Waals surface area contributed by atoms with Gasteiger partial charge in [0, 0.05) is 6.04 Å². The molecule has 1 aromatic rings. The third kappa shape index (κ3) is 4.99. The highest BCUT2D eigenvalue weighted by Crippen LogP contribution is 2.20. The molecule has 1 saturated heterocycles. The van der Waals surface area contributed by atoms with Crippen molar-refractivity contribution in [2.75, 3.05) is 32.7 Å². The smallest absolute Gasteiger partial charge is 0.275 e. The number of nitrogens with one attached hydrogen (secondary N) is 2. The minimum absolute atomic E-state index is 0.0690. The molecule has 1 aliphatic heterocycles. The normalized spacial score (nSPS) is 18.1. The van der Waals surface area contributed by atoms with Gasteiger partial charge >= 0.3 is 0 Å². The van der Waals surface area contributed by atoms with E-state index in [0.29, 0.717) is 25.1 Å². The standard InChI is InChI=1S/C17H25F2N3O3S/c1-12(2)13(3)20-17(23)11-21-6-8-22(9-7-21)26(24,25)16-10-14(18)4-5-15(16)19/h4-5,10,12-13H,6-9,11H2,1-3H3,(H,20,23)/p+1/t13-/m1/s1. The van der Waals surface area contributed by atoms with E-state index in [1.807, 2.05) is 20.8 Å². The number of nitrogens with zero attached hydrogens (tertiary/aromatic N) is 1. The molecule has 1 amide bonds. The fourth-order valence-corrected chi connectivity index (χ4v) is 4.25. The number of sulfonamides is 1. The van der Waals surface area contributed by atoms with Crippen molar-refractivity contribution in [2.45, 2.75) is 31.7 Å². The maximum atomic E-state index is 13.8. The minimum atomic E-state index is -4.09. The third-order valence-electron chi connectivity index (χ3n) is 4.74. The average molecular weight is 390 g/mol. The van der Waals surface area contributed by atoms with E-state index in [-0.39, 0.29) is 31.6 Å². The number of halogens is 2. The van der Waals surface area contributed by atoms with Crippen molar-refractivity contribution in [3.05, 3.63) is 29.8 Å². The summed E-state index contributed by atoms with van der Waals surface area (Å²) in [6.07, 6.45) is 0. The molecule has 6 nitrogen and oxygen atoms in total. The summed E-state index contributed by atoms with van der Waals surface area (Å²) in [5, 5.41) is 2.92. The molecule has 0 radical (unpaired) electrons. The SMILES string of the molecule is CC(C)[C@@H](C)NC(=O)C[NH+]1CCN(S(=O)(=O)c2cc(F)ccc2F)CC1. The number of carbonyl (C=O) groups excluding carboxylic acids is 1. The fourth-order valence-electron chi connectivity index (χ4n) is 2.73. The van der Waals surface area contributed by atoms with E-state index in [4.69, 9.17) is 0 Å². The molecule has 146 valence electrons. The zero-order chi connectivity index (χ0) is 19.5. The summed E-state index contributed by atoms with van der Waals surface area (Å²) in [6, 6.07) is 2.46. The summed E-state index contributed by atoms with van der Waals surface area (Å²) >= 11 is 0. The van der Waals surface area contributed by atoms with Crippen molar-refractivity contribution in [1.29, 1.82) is 0 Å². The highest BCUT2D eigenvalue weighted by molar-refractivity contribution is 7.89. The molecule has 1 fully saturated rings. The summed E-state index contributed by atoms with van der Waals surface area (Å²) in [6.45, 7) is 7.41. The molecule has 1 aliphatic rings. The highest BCUT2D eigenvalue weighted by atomic mass is 32.2. The minimum Gasteiger partial charge on any atom is -0.348 e. The molecule has 0 bridgehead atoms. The summed E-state index contributed by atoms with van der Waals surface area (Å²) in [4.78, 5) is 12.4. The molecular weight excluding hydrogens is 364 g/mol. The molecule has 26 heavy (non-hydrogen) atoms. The lowest BCUT2D eigenvalue weighted by molar-refractivity contribution is -0.895. The van der Waals surface area contributed by atoms with Crippen molar-refractivity contribution < 1.29 is 26.9 Å². The topological polar surface area (TPSA) is 70.9 Å². The van der Waals surface area contributed by atoms with Gasteiger partial charge in [-0.25, -0.2) is 17.2 Å².